The van der Waals surface area contributed by atoms with Gasteiger partial charge in [-0.3, -0.25) is 4.79 Å². The van der Waals surface area contributed by atoms with Crippen molar-refractivity contribution < 1.29 is 9.53 Å². The van der Waals surface area contributed by atoms with Gasteiger partial charge in [0.25, 0.3) is 5.91 Å². The first-order valence-electron chi connectivity index (χ1n) is 7.87. The van der Waals surface area contributed by atoms with Gasteiger partial charge in [0.2, 0.25) is 0 Å². The number of methoxy groups -OCH3 is 1. The van der Waals surface area contributed by atoms with Crippen molar-refractivity contribution in [2.45, 2.75) is 6.92 Å². The maximum Gasteiger partial charge on any atom is 0.269 e. The lowest BCUT2D eigenvalue weighted by molar-refractivity contribution is 0.0930. The van der Waals surface area contributed by atoms with Gasteiger partial charge in [-0.15, -0.1) is 0 Å². The van der Waals surface area contributed by atoms with E-state index in [1.54, 1.807) is 13.3 Å². The second kappa shape index (κ2) is 7.55. The number of anilines is 2. The SMILES string of the molecule is COCCNC(=O)c1cnc(Nc2cccc(Cl)c2)c2ccc(C)n12. The lowest BCUT2D eigenvalue weighted by atomic mass is 10.3. The van der Waals surface area contributed by atoms with E-state index in [0.717, 1.165) is 16.9 Å². The molecule has 1 aromatic carbocycles. The summed E-state index contributed by atoms with van der Waals surface area (Å²) in [6, 6.07) is 11.3. The van der Waals surface area contributed by atoms with Gasteiger partial charge in [-0.25, -0.2) is 4.98 Å². The van der Waals surface area contributed by atoms with Crippen LogP contribution in [0.4, 0.5) is 11.5 Å². The molecule has 0 unspecified atom stereocenters. The highest BCUT2D eigenvalue weighted by molar-refractivity contribution is 6.30. The van der Waals surface area contributed by atoms with Gasteiger partial charge in [-0.05, 0) is 37.3 Å². The van der Waals surface area contributed by atoms with Gasteiger partial charge in [0.05, 0.1) is 18.3 Å². The predicted octanol–water partition coefficient (Wildman–Crippen LogP) is 3.42. The van der Waals surface area contributed by atoms with Gasteiger partial charge < -0.3 is 19.8 Å². The Morgan fingerprint density at radius 1 is 1.32 bits per heavy atom. The standard InChI is InChI=1S/C18H19ClN4O2/c1-12-6-7-15-17(22-14-5-3-4-13(19)10-14)21-11-16(23(12)15)18(24)20-8-9-25-2/h3-7,10-11H,8-9H2,1-2H3,(H,20,24)(H,21,22). The summed E-state index contributed by atoms with van der Waals surface area (Å²) in [5.74, 6) is 0.465. The van der Waals surface area contributed by atoms with Crippen molar-refractivity contribution in [1.29, 1.82) is 0 Å². The predicted molar refractivity (Wildman–Crippen MR) is 98.9 cm³/mol. The van der Waals surface area contributed by atoms with Crippen LogP contribution in [0, 0.1) is 6.92 Å². The fourth-order valence-corrected chi connectivity index (χ4v) is 2.80. The van der Waals surface area contributed by atoms with Crippen LogP contribution in [0.3, 0.4) is 0 Å². The van der Waals surface area contributed by atoms with Crippen LogP contribution in [0.15, 0.2) is 42.6 Å². The summed E-state index contributed by atoms with van der Waals surface area (Å²) in [6.45, 7) is 2.85. The molecule has 0 fully saturated rings. The summed E-state index contributed by atoms with van der Waals surface area (Å²) < 4.78 is 6.84. The van der Waals surface area contributed by atoms with Crippen LogP contribution in [-0.2, 0) is 4.74 Å². The molecular formula is C18H19ClN4O2. The van der Waals surface area contributed by atoms with Gasteiger partial charge in [0.1, 0.15) is 5.69 Å². The highest BCUT2D eigenvalue weighted by Crippen LogP contribution is 2.24. The van der Waals surface area contributed by atoms with Crippen LogP contribution in [0.2, 0.25) is 5.02 Å². The molecule has 0 radical (unpaired) electrons. The van der Waals surface area contributed by atoms with E-state index in [2.05, 4.69) is 15.6 Å². The van der Waals surface area contributed by atoms with Crippen LogP contribution in [0.1, 0.15) is 16.2 Å². The molecule has 25 heavy (non-hydrogen) atoms. The van der Waals surface area contributed by atoms with Crippen molar-refractivity contribution in [2.24, 2.45) is 0 Å². The summed E-state index contributed by atoms with van der Waals surface area (Å²) in [4.78, 5) is 16.9. The van der Waals surface area contributed by atoms with Crippen molar-refractivity contribution in [1.82, 2.24) is 14.7 Å². The topological polar surface area (TPSA) is 67.7 Å². The lowest BCUT2D eigenvalue weighted by Gasteiger charge is -2.13. The summed E-state index contributed by atoms with van der Waals surface area (Å²) >= 11 is 6.03. The first-order valence-corrected chi connectivity index (χ1v) is 8.24. The molecule has 2 N–H and O–H groups in total. The molecular weight excluding hydrogens is 340 g/mol. The van der Waals surface area contributed by atoms with Crippen LogP contribution < -0.4 is 10.6 Å². The highest BCUT2D eigenvalue weighted by atomic mass is 35.5. The molecule has 0 aliphatic carbocycles. The molecule has 0 aliphatic rings. The Morgan fingerprint density at radius 2 is 2.16 bits per heavy atom. The number of nitrogens with one attached hydrogen (secondary N) is 2. The third kappa shape index (κ3) is 3.75. The van der Waals surface area contributed by atoms with E-state index in [1.165, 1.54) is 0 Å². The molecule has 0 bridgehead atoms. The van der Waals surface area contributed by atoms with Crippen LogP contribution in [0.25, 0.3) is 5.52 Å². The summed E-state index contributed by atoms with van der Waals surface area (Å²) in [6.07, 6.45) is 1.56. The molecule has 3 rings (SSSR count). The number of fused-ring (bicyclic) bond motifs is 1. The average Bonchev–Trinajstić information content (AvgIpc) is 2.98. The number of aromatic nitrogens is 2. The molecule has 0 saturated carbocycles. The Bertz CT molecular complexity index is 907. The van der Waals surface area contributed by atoms with E-state index in [1.807, 2.05) is 47.7 Å². The van der Waals surface area contributed by atoms with E-state index < -0.39 is 0 Å². The lowest BCUT2D eigenvalue weighted by Crippen LogP contribution is -2.29. The zero-order valence-corrected chi connectivity index (χ0v) is 14.8. The number of carbonyl (C=O) groups excluding carboxylic acids is 1. The number of hydrogen-bond donors (Lipinski definition) is 2. The number of ether oxygens (including phenoxy) is 1. The molecule has 7 heteroatoms. The Hall–Kier alpha value is -2.57. The van der Waals surface area contributed by atoms with Gasteiger partial charge in [0.15, 0.2) is 5.82 Å². The average molecular weight is 359 g/mol. The summed E-state index contributed by atoms with van der Waals surface area (Å²) in [5, 5.41) is 6.71. The van der Waals surface area contributed by atoms with Crippen molar-refractivity contribution in [3.05, 3.63) is 59.0 Å². The second-order valence-corrected chi connectivity index (χ2v) is 6.01. The minimum atomic E-state index is -0.192. The third-order valence-corrected chi connectivity index (χ3v) is 4.02. The van der Waals surface area contributed by atoms with Gasteiger partial charge >= 0.3 is 0 Å². The Kier molecular flexibility index (Phi) is 5.21. The van der Waals surface area contributed by atoms with E-state index in [0.29, 0.717) is 29.7 Å². The second-order valence-electron chi connectivity index (χ2n) is 5.57. The quantitative estimate of drug-likeness (QED) is 0.662. The number of halogens is 1. The zero-order chi connectivity index (χ0) is 17.8. The minimum absolute atomic E-state index is 0.192. The molecule has 3 aromatic rings. The molecule has 1 amide bonds. The zero-order valence-electron chi connectivity index (χ0n) is 14.0. The number of amides is 1. The maximum atomic E-state index is 12.4. The van der Waals surface area contributed by atoms with Crippen LogP contribution >= 0.6 is 11.6 Å². The van der Waals surface area contributed by atoms with E-state index in [9.17, 15) is 4.79 Å². The van der Waals surface area contributed by atoms with E-state index in [-0.39, 0.29) is 5.91 Å². The number of aryl methyl sites for hydroxylation is 1. The van der Waals surface area contributed by atoms with Gasteiger partial charge in [0, 0.05) is 30.1 Å². The van der Waals surface area contributed by atoms with E-state index in [4.69, 9.17) is 16.3 Å². The summed E-state index contributed by atoms with van der Waals surface area (Å²) in [5.41, 5.74) is 3.07. The molecule has 0 atom stereocenters. The number of rotatable bonds is 6. The number of hydrogen-bond acceptors (Lipinski definition) is 4. The molecule has 6 nitrogen and oxygen atoms in total. The van der Waals surface area contributed by atoms with Crippen molar-refractivity contribution >= 4 is 34.5 Å². The van der Waals surface area contributed by atoms with Crippen molar-refractivity contribution in [2.75, 3.05) is 25.6 Å². The highest BCUT2D eigenvalue weighted by Gasteiger charge is 2.15. The fraction of sp³-hybridized carbons (Fsp3) is 0.222. The monoisotopic (exact) mass is 358 g/mol. The summed E-state index contributed by atoms with van der Waals surface area (Å²) in [7, 11) is 1.60. The fourth-order valence-electron chi connectivity index (χ4n) is 2.61. The molecule has 2 aromatic heterocycles. The number of benzene rings is 1. The van der Waals surface area contributed by atoms with E-state index >= 15 is 0 Å². The first-order chi connectivity index (χ1) is 12.1. The van der Waals surface area contributed by atoms with Gasteiger partial charge in [-0.1, -0.05) is 17.7 Å². The Labute approximate surface area is 150 Å². The van der Waals surface area contributed by atoms with Crippen LogP contribution in [0.5, 0.6) is 0 Å². The third-order valence-electron chi connectivity index (χ3n) is 3.79. The Balaban J connectivity index is 1.95. The molecule has 130 valence electrons. The normalized spacial score (nSPS) is 10.8. The molecule has 2 heterocycles. The van der Waals surface area contributed by atoms with Crippen LogP contribution in [-0.4, -0.2) is 35.6 Å². The molecule has 0 aliphatic heterocycles. The van der Waals surface area contributed by atoms with Crippen molar-refractivity contribution in [3.63, 3.8) is 0 Å². The number of nitrogens with zero attached hydrogens (tertiary/aromatic N) is 2. The molecule has 0 saturated heterocycles. The van der Waals surface area contributed by atoms with Crippen molar-refractivity contribution in [3.8, 4) is 0 Å². The largest absolute Gasteiger partial charge is 0.383 e. The maximum absolute atomic E-state index is 12.4. The molecule has 0 spiro atoms. The smallest absolute Gasteiger partial charge is 0.269 e. The number of carbonyl (C=O) groups is 1. The van der Waals surface area contributed by atoms with Gasteiger partial charge in [-0.2, -0.15) is 0 Å². The first kappa shape index (κ1) is 17.3. The minimum Gasteiger partial charge on any atom is -0.383 e. The Morgan fingerprint density at radius 3 is 2.92 bits per heavy atom.